The summed E-state index contributed by atoms with van der Waals surface area (Å²) in [6, 6.07) is 11.1. The first-order valence-electron chi connectivity index (χ1n) is 7.79. The number of unbranched alkanes of at least 4 members (excludes halogenated alkanes) is 1. The highest BCUT2D eigenvalue weighted by atomic mass is 15.0. The maximum atomic E-state index is 2.48. The van der Waals surface area contributed by atoms with Crippen molar-refractivity contribution >= 4 is 16.6 Å². The average Bonchev–Trinajstić information content (AvgIpc) is 2.80. The maximum Gasteiger partial charge on any atom is 0.0528 e. The molecule has 2 rings (SSSR count). The van der Waals surface area contributed by atoms with E-state index in [-0.39, 0.29) is 5.41 Å². The van der Waals surface area contributed by atoms with Crippen LogP contribution in [-0.2, 0) is 5.41 Å². The molecule has 0 aliphatic rings. The minimum Gasteiger partial charge on any atom is -0.317 e. The number of para-hydroxylation sites is 1. The van der Waals surface area contributed by atoms with E-state index in [2.05, 4.69) is 75.6 Å². The van der Waals surface area contributed by atoms with Crippen LogP contribution in [0.2, 0.25) is 0 Å². The van der Waals surface area contributed by atoms with Gasteiger partial charge in [0.2, 0.25) is 0 Å². The smallest absolute Gasteiger partial charge is 0.0528 e. The van der Waals surface area contributed by atoms with Crippen molar-refractivity contribution < 1.29 is 0 Å². The molecule has 0 spiro atoms. The Labute approximate surface area is 123 Å². The number of benzene rings is 1. The lowest BCUT2D eigenvalue weighted by molar-refractivity contribution is 0.559. The van der Waals surface area contributed by atoms with E-state index < -0.39 is 0 Å². The van der Waals surface area contributed by atoms with Gasteiger partial charge in [0.15, 0.2) is 0 Å². The predicted molar refractivity (Wildman–Crippen MR) is 90.1 cm³/mol. The second-order valence-electron chi connectivity index (χ2n) is 6.51. The van der Waals surface area contributed by atoms with Crippen molar-refractivity contribution in [3.8, 4) is 0 Å². The molecule has 0 saturated heterocycles. The van der Waals surface area contributed by atoms with E-state index in [0.29, 0.717) is 0 Å². The minimum atomic E-state index is 0.152. The van der Waals surface area contributed by atoms with E-state index in [1.165, 1.54) is 28.7 Å². The van der Waals surface area contributed by atoms with E-state index in [9.17, 15) is 0 Å². The highest BCUT2D eigenvalue weighted by Crippen LogP contribution is 2.33. The first-order chi connectivity index (χ1) is 9.49. The molecule has 1 heterocycles. The van der Waals surface area contributed by atoms with Crippen LogP contribution in [0.25, 0.3) is 16.6 Å². The molecule has 0 atom stereocenters. The number of nitrogens with zero attached hydrogens (tertiary/aromatic N) is 1. The van der Waals surface area contributed by atoms with Crippen molar-refractivity contribution in [1.82, 2.24) is 4.57 Å². The molecular weight excluding hydrogens is 242 g/mol. The molecule has 0 aliphatic heterocycles. The number of hydrogen-bond donors (Lipinski definition) is 0. The zero-order valence-electron chi connectivity index (χ0n) is 13.5. The molecule has 0 saturated carbocycles. The van der Waals surface area contributed by atoms with Gasteiger partial charge >= 0.3 is 0 Å². The van der Waals surface area contributed by atoms with Gasteiger partial charge in [0.1, 0.15) is 0 Å². The van der Waals surface area contributed by atoms with Gasteiger partial charge in [-0.05, 0) is 25.0 Å². The summed E-state index contributed by atoms with van der Waals surface area (Å²) < 4.78 is 2.48. The fraction of sp³-hybridized carbons (Fsp3) is 0.474. The van der Waals surface area contributed by atoms with Gasteiger partial charge in [0.05, 0.1) is 5.52 Å². The summed E-state index contributed by atoms with van der Waals surface area (Å²) in [6.07, 6.45) is 5.83. The average molecular weight is 269 g/mol. The molecule has 1 aromatic heterocycles. The Morgan fingerprint density at radius 2 is 1.85 bits per heavy atom. The summed E-state index contributed by atoms with van der Waals surface area (Å²) in [6.45, 7) is 11.4. The minimum absolute atomic E-state index is 0.152. The van der Waals surface area contributed by atoms with E-state index in [1.807, 2.05) is 0 Å². The van der Waals surface area contributed by atoms with Gasteiger partial charge in [0.25, 0.3) is 0 Å². The van der Waals surface area contributed by atoms with Crippen molar-refractivity contribution in [3.63, 3.8) is 0 Å². The largest absolute Gasteiger partial charge is 0.317 e. The topological polar surface area (TPSA) is 4.93 Å². The first kappa shape index (κ1) is 14.9. The molecule has 1 nitrogen and oxygen atoms in total. The zero-order valence-corrected chi connectivity index (χ0v) is 13.5. The second kappa shape index (κ2) is 5.87. The molecule has 1 aromatic carbocycles. The Morgan fingerprint density at radius 1 is 1.15 bits per heavy atom. The van der Waals surface area contributed by atoms with Crippen LogP contribution in [0.15, 0.2) is 36.4 Å². The van der Waals surface area contributed by atoms with Crippen LogP contribution in [0, 0.1) is 0 Å². The predicted octanol–water partition coefficient (Wildman–Crippen LogP) is 5.99. The SMILES string of the molecule is CCC/C=C(\CC)n1c(C(C)(C)C)cc2ccccc21. The summed E-state index contributed by atoms with van der Waals surface area (Å²) >= 11 is 0. The summed E-state index contributed by atoms with van der Waals surface area (Å²) in [5.74, 6) is 0. The standard InChI is InChI=1S/C19H27N/c1-6-8-12-16(7-2)20-17-13-10-9-11-15(17)14-18(20)19(3,4)5/h9-14H,6-8H2,1-5H3/b16-12+. The Balaban J connectivity index is 2.70. The highest BCUT2D eigenvalue weighted by molar-refractivity contribution is 5.85. The fourth-order valence-electron chi connectivity index (χ4n) is 2.72. The van der Waals surface area contributed by atoms with Gasteiger partial charge < -0.3 is 4.57 Å². The van der Waals surface area contributed by atoms with Gasteiger partial charge in [-0.15, -0.1) is 0 Å². The molecule has 0 aliphatic carbocycles. The van der Waals surface area contributed by atoms with Gasteiger partial charge in [-0.3, -0.25) is 0 Å². The lowest BCUT2D eigenvalue weighted by atomic mass is 9.91. The van der Waals surface area contributed by atoms with Gasteiger partial charge in [-0.1, -0.05) is 65.3 Å². The molecule has 2 aromatic rings. The van der Waals surface area contributed by atoms with E-state index in [0.717, 1.165) is 12.8 Å². The van der Waals surface area contributed by atoms with Crippen LogP contribution in [0.1, 0.15) is 59.6 Å². The van der Waals surface area contributed by atoms with E-state index >= 15 is 0 Å². The highest BCUT2D eigenvalue weighted by Gasteiger charge is 2.21. The van der Waals surface area contributed by atoms with Crippen molar-refractivity contribution in [2.75, 3.05) is 0 Å². The zero-order chi connectivity index (χ0) is 14.8. The van der Waals surface area contributed by atoms with Crippen LogP contribution < -0.4 is 0 Å². The molecule has 0 N–H and O–H groups in total. The summed E-state index contributed by atoms with van der Waals surface area (Å²) in [7, 11) is 0. The lowest BCUT2D eigenvalue weighted by Gasteiger charge is -2.23. The van der Waals surface area contributed by atoms with Crippen LogP contribution in [0.3, 0.4) is 0 Å². The molecule has 0 unspecified atom stereocenters. The van der Waals surface area contributed by atoms with Gasteiger partial charge in [-0.25, -0.2) is 0 Å². The van der Waals surface area contributed by atoms with E-state index in [4.69, 9.17) is 0 Å². The van der Waals surface area contributed by atoms with Crippen LogP contribution in [-0.4, -0.2) is 4.57 Å². The molecule has 0 bridgehead atoms. The van der Waals surface area contributed by atoms with Crippen LogP contribution in [0.4, 0.5) is 0 Å². The van der Waals surface area contributed by atoms with Crippen LogP contribution in [0.5, 0.6) is 0 Å². The van der Waals surface area contributed by atoms with Gasteiger partial charge in [-0.2, -0.15) is 0 Å². The summed E-state index contributed by atoms with van der Waals surface area (Å²) in [4.78, 5) is 0. The molecule has 20 heavy (non-hydrogen) atoms. The maximum absolute atomic E-state index is 2.48. The fourth-order valence-corrected chi connectivity index (χ4v) is 2.72. The molecule has 0 amide bonds. The number of rotatable bonds is 4. The quantitative estimate of drug-likeness (QED) is 0.642. The molecule has 0 radical (unpaired) electrons. The third-order valence-corrected chi connectivity index (χ3v) is 3.80. The number of fused-ring (bicyclic) bond motifs is 1. The second-order valence-corrected chi connectivity index (χ2v) is 6.51. The molecule has 0 fully saturated rings. The molecular formula is C19H27N. The summed E-state index contributed by atoms with van der Waals surface area (Å²) in [5, 5.41) is 1.34. The summed E-state index contributed by atoms with van der Waals surface area (Å²) in [5.41, 5.74) is 4.32. The molecule has 108 valence electrons. The van der Waals surface area contributed by atoms with E-state index in [1.54, 1.807) is 0 Å². The first-order valence-corrected chi connectivity index (χ1v) is 7.79. The number of allylic oxidation sites excluding steroid dienone is 2. The Bertz CT molecular complexity index is 608. The molecule has 1 heteroatoms. The third kappa shape index (κ3) is 2.82. The normalized spacial score (nSPS) is 13.2. The van der Waals surface area contributed by atoms with Crippen molar-refractivity contribution in [2.45, 2.75) is 59.3 Å². The third-order valence-electron chi connectivity index (χ3n) is 3.80. The Morgan fingerprint density at radius 3 is 2.45 bits per heavy atom. The lowest BCUT2D eigenvalue weighted by Crippen LogP contribution is -2.17. The van der Waals surface area contributed by atoms with Crippen molar-refractivity contribution in [1.29, 1.82) is 0 Å². The van der Waals surface area contributed by atoms with Crippen molar-refractivity contribution in [3.05, 3.63) is 42.1 Å². The van der Waals surface area contributed by atoms with Crippen molar-refractivity contribution in [2.24, 2.45) is 0 Å². The number of aromatic nitrogens is 1. The Hall–Kier alpha value is -1.50. The monoisotopic (exact) mass is 269 g/mol. The number of hydrogen-bond acceptors (Lipinski definition) is 0. The Kier molecular flexibility index (Phi) is 4.37. The van der Waals surface area contributed by atoms with Gasteiger partial charge in [0, 0.05) is 22.2 Å². The van der Waals surface area contributed by atoms with Crippen LogP contribution >= 0.6 is 0 Å².